The SMILES string of the molecule is CCC(C)C(C)NCc1nc2ccccc2c(=O)[nH]1. The first-order valence-corrected chi connectivity index (χ1v) is 6.83. The summed E-state index contributed by atoms with van der Waals surface area (Å²) in [6.45, 7) is 7.14. The molecule has 0 spiro atoms. The quantitative estimate of drug-likeness (QED) is 0.867. The number of aromatic nitrogens is 2. The van der Waals surface area contributed by atoms with Gasteiger partial charge in [-0.2, -0.15) is 0 Å². The van der Waals surface area contributed by atoms with E-state index in [1.165, 1.54) is 0 Å². The smallest absolute Gasteiger partial charge is 0.258 e. The number of fused-ring (bicyclic) bond motifs is 1. The van der Waals surface area contributed by atoms with Crippen molar-refractivity contribution in [3.8, 4) is 0 Å². The zero-order valence-corrected chi connectivity index (χ0v) is 11.7. The molecule has 4 nitrogen and oxygen atoms in total. The van der Waals surface area contributed by atoms with Crippen molar-refractivity contribution in [3.05, 3.63) is 40.4 Å². The molecule has 1 aromatic heterocycles. The van der Waals surface area contributed by atoms with E-state index in [0.717, 1.165) is 11.9 Å². The molecular weight excluding hydrogens is 238 g/mol. The molecule has 0 bridgehead atoms. The standard InChI is InChI=1S/C15H21N3O/c1-4-10(2)11(3)16-9-14-17-13-8-6-5-7-12(13)15(19)18-14/h5-8,10-11,16H,4,9H2,1-3H3,(H,17,18,19). The molecule has 0 saturated heterocycles. The summed E-state index contributed by atoms with van der Waals surface area (Å²) in [6.07, 6.45) is 1.13. The lowest BCUT2D eigenvalue weighted by atomic mass is 10.0. The van der Waals surface area contributed by atoms with E-state index >= 15 is 0 Å². The predicted octanol–water partition coefficient (Wildman–Crippen LogP) is 2.45. The lowest BCUT2D eigenvalue weighted by Gasteiger charge is -2.19. The number of nitrogens with zero attached hydrogens (tertiary/aromatic N) is 1. The van der Waals surface area contributed by atoms with Crippen LogP contribution in [-0.2, 0) is 6.54 Å². The second kappa shape index (κ2) is 5.97. The van der Waals surface area contributed by atoms with Crippen molar-refractivity contribution in [1.82, 2.24) is 15.3 Å². The van der Waals surface area contributed by atoms with Crippen molar-refractivity contribution in [2.75, 3.05) is 0 Å². The van der Waals surface area contributed by atoms with Gasteiger partial charge in [0, 0.05) is 6.04 Å². The predicted molar refractivity (Wildman–Crippen MR) is 78.1 cm³/mol. The monoisotopic (exact) mass is 259 g/mol. The highest BCUT2D eigenvalue weighted by Gasteiger charge is 2.10. The first-order chi connectivity index (χ1) is 9.11. The summed E-state index contributed by atoms with van der Waals surface area (Å²) in [6, 6.07) is 7.81. The van der Waals surface area contributed by atoms with Crippen molar-refractivity contribution in [1.29, 1.82) is 0 Å². The Morgan fingerprint density at radius 3 is 2.79 bits per heavy atom. The van der Waals surface area contributed by atoms with Crippen LogP contribution in [0, 0.1) is 5.92 Å². The average Bonchev–Trinajstić information content (AvgIpc) is 2.44. The van der Waals surface area contributed by atoms with Gasteiger partial charge in [-0.1, -0.05) is 32.4 Å². The molecule has 2 atom stereocenters. The molecule has 1 aromatic carbocycles. The minimum Gasteiger partial charge on any atom is -0.309 e. The molecule has 2 rings (SSSR count). The van der Waals surface area contributed by atoms with Crippen LogP contribution in [0.25, 0.3) is 10.9 Å². The van der Waals surface area contributed by atoms with Crippen LogP contribution in [-0.4, -0.2) is 16.0 Å². The van der Waals surface area contributed by atoms with E-state index in [2.05, 4.69) is 36.1 Å². The Labute approximate surface area is 113 Å². The number of para-hydroxylation sites is 1. The molecule has 2 unspecified atom stereocenters. The summed E-state index contributed by atoms with van der Waals surface area (Å²) in [5, 5.41) is 4.05. The van der Waals surface area contributed by atoms with Crippen LogP contribution in [0.15, 0.2) is 29.1 Å². The molecular formula is C15H21N3O. The Morgan fingerprint density at radius 2 is 2.05 bits per heavy atom. The van der Waals surface area contributed by atoms with Crippen LogP contribution in [0.3, 0.4) is 0 Å². The van der Waals surface area contributed by atoms with E-state index < -0.39 is 0 Å². The zero-order chi connectivity index (χ0) is 13.8. The third-order valence-electron chi connectivity index (χ3n) is 3.75. The Balaban J connectivity index is 2.16. The van der Waals surface area contributed by atoms with E-state index in [1.54, 1.807) is 6.07 Å². The van der Waals surface area contributed by atoms with Crippen LogP contribution in [0.5, 0.6) is 0 Å². The van der Waals surface area contributed by atoms with E-state index in [9.17, 15) is 4.79 Å². The number of hydrogen-bond acceptors (Lipinski definition) is 3. The Hall–Kier alpha value is -1.68. The van der Waals surface area contributed by atoms with E-state index in [4.69, 9.17) is 0 Å². The van der Waals surface area contributed by atoms with Gasteiger partial charge in [-0.3, -0.25) is 4.79 Å². The molecule has 2 aromatic rings. The van der Waals surface area contributed by atoms with Crippen molar-refractivity contribution in [2.45, 2.75) is 39.8 Å². The molecule has 4 heteroatoms. The molecule has 2 N–H and O–H groups in total. The molecule has 19 heavy (non-hydrogen) atoms. The van der Waals surface area contributed by atoms with Gasteiger partial charge >= 0.3 is 0 Å². The fourth-order valence-electron chi connectivity index (χ4n) is 2.03. The van der Waals surface area contributed by atoms with Crippen LogP contribution in [0.1, 0.15) is 33.0 Å². The van der Waals surface area contributed by atoms with Gasteiger partial charge in [-0.05, 0) is 25.0 Å². The molecule has 0 aliphatic heterocycles. The van der Waals surface area contributed by atoms with Gasteiger partial charge in [0.1, 0.15) is 5.82 Å². The Morgan fingerprint density at radius 1 is 1.32 bits per heavy atom. The minimum atomic E-state index is -0.0707. The summed E-state index contributed by atoms with van der Waals surface area (Å²) in [5.74, 6) is 1.30. The fourth-order valence-corrected chi connectivity index (χ4v) is 2.03. The second-order valence-electron chi connectivity index (χ2n) is 5.08. The maximum atomic E-state index is 11.9. The second-order valence-corrected chi connectivity index (χ2v) is 5.08. The van der Waals surface area contributed by atoms with Crippen molar-refractivity contribution in [2.24, 2.45) is 5.92 Å². The van der Waals surface area contributed by atoms with Crippen LogP contribution < -0.4 is 10.9 Å². The Kier molecular flexibility index (Phi) is 4.32. The first kappa shape index (κ1) is 13.7. The van der Waals surface area contributed by atoms with E-state index in [-0.39, 0.29) is 5.56 Å². The lowest BCUT2D eigenvalue weighted by Crippen LogP contribution is -2.32. The summed E-state index contributed by atoms with van der Waals surface area (Å²) >= 11 is 0. The summed E-state index contributed by atoms with van der Waals surface area (Å²) < 4.78 is 0. The van der Waals surface area contributed by atoms with E-state index in [0.29, 0.717) is 29.7 Å². The van der Waals surface area contributed by atoms with Gasteiger partial charge in [0.15, 0.2) is 0 Å². The van der Waals surface area contributed by atoms with Crippen LogP contribution in [0.4, 0.5) is 0 Å². The highest BCUT2D eigenvalue weighted by molar-refractivity contribution is 5.77. The molecule has 0 fully saturated rings. The number of aromatic amines is 1. The van der Waals surface area contributed by atoms with Crippen molar-refractivity contribution < 1.29 is 0 Å². The normalized spacial score (nSPS) is 14.5. The van der Waals surface area contributed by atoms with E-state index in [1.807, 2.05) is 18.2 Å². The van der Waals surface area contributed by atoms with Gasteiger partial charge in [0.05, 0.1) is 17.4 Å². The molecule has 102 valence electrons. The molecule has 0 aliphatic carbocycles. The third-order valence-corrected chi connectivity index (χ3v) is 3.75. The molecule has 0 radical (unpaired) electrons. The van der Waals surface area contributed by atoms with Gasteiger partial charge in [0.2, 0.25) is 0 Å². The number of rotatable bonds is 5. The van der Waals surface area contributed by atoms with Gasteiger partial charge in [0.25, 0.3) is 5.56 Å². The largest absolute Gasteiger partial charge is 0.309 e. The molecule has 0 aliphatic rings. The maximum absolute atomic E-state index is 11.9. The number of nitrogens with one attached hydrogen (secondary N) is 2. The number of benzene rings is 1. The fraction of sp³-hybridized carbons (Fsp3) is 0.467. The van der Waals surface area contributed by atoms with Gasteiger partial charge in [-0.15, -0.1) is 0 Å². The summed E-state index contributed by atoms with van der Waals surface area (Å²) in [5.41, 5.74) is 0.679. The van der Waals surface area contributed by atoms with Gasteiger partial charge < -0.3 is 10.3 Å². The third kappa shape index (κ3) is 3.20. The Bertz CT molecular complexity index is 606. The minimum absolute atomic E-state index is 0.0707. The number of hydrogen-bond donors (Lipinski definition) is 2. The topological polar surface area (TPSA) is 57.8 Å². The first-order valence-electron chi connectivity index (χ1n) is 6.83. The zero-order valence-electron chi connectivity index (χ0n) is 11.7. The molecule has 0 saturated carbocycles. The average molecular weight is 259 g/mol. The molecule has 0 amide bonds. The van der Waals surface area contributed by atoms with Crippen LogP contribution >= 0.6 is 0 Å². The highest BCUT2D eigenvalue weighted by atomic mass is 16.1. The molecule has 1 heterocycles. The lowest BCUT2D eigenvalue weighted by molar-refractivity contribution is 0.386. The van der Waals surface area contributed by atoms with Gasteiger partial charge in [-0.25, -0.2) is 4.98 Å². The summed E-state index contributed by atoms with van der Waals surface area (Å²) in [4.78, 5) is 19.2. The number of H-pyrrole nitrogens is 1. The summed E-state index contributed by atoms with van der Waals surface area (Å²) in [7, 11) is 0. The maximum Gasteiger partial charge on any atom is 0.258 e. The van der Waals surface area contributed by atoms with Crippen LogP contribution in [0.2, 0.25) is 0 Å². The van der Waals surface area contributed by atoms with Crippen molar-refractivity contribution >= 4 is 10.9 Å². The van der Waals surface area contributed by atoms with Crippen molar-refractivity contribution in [3.63, 3.8) is 0 Å². The highest BCUT2D eigenvalue weighted by Crippen LogP contribution is 2.08.